The number of rotatable bonds is 3. The van der Waals surface area contributed by atoms with Gasteiger partial charge in [-0.2, -0.15) is 0 Å². The minimum Gasteiger partial charge on any atom is -0.330 e. The molecule has 106 valence electrons. The predicted molar refractivity (Wildman–Crippen MR) is 78.7 cm³/mol. The van der Waals surface area contributed by atoms with Crippen LogP contribution < -0.4 is 5.73 Å². The third-order valence-electron chi connectivity index (χ3n) is 5.47. The standard InChI is InChI=1S/C16H32N2/c1-16(2)14(11-12-17)8-7-13-18(16)15-9-5-3-4-6-10-15/h14-15H,3-13,17H2,1-2H3. The van der Waals surface area contributed by atoms with E-state index in [1.165, 1.54) is 64.3 Å². The fraction of sp³-hybridized carbons (Fsp3) is 1.00. The molecule has 0 aromatic rings. The Morgan fingerprint density at radius 1 is 1.00 bits per heavy atom. The van der Waals surface area contributed by atoms with Crippen LogP contribution in [0, 0.1) is 5.92 Å². The first kappa shape index (κ1) is 14.3. The highest BCUT2D eigenvalue weighted by Gasteiger charge is 2.40. The largest absolute Gasteiger partial charge is 0.330 e. The summed E-state index contributed by atoms with van der Waals surface area (Å²) in [5.41, 5.74) is 6.18. The van der Waals surface area contributed by atoms with Crippen molar-refractivity contribution in [1.82, 2.24) is 4.90 Å². The third kappa shape index (κ3) is 3.08. The molecule has 1 saturated carbocycles. The van der Waals surface area contributed by atoms with Crippen molar-refractivity contribution in [3.63, 3.8) is 0 Å². The lowest BCUT2D eigenvalue weighted by Gasteiger charge is -2.52. The topological polar surface area (TPSA) is 29.3 Å². The van der Waals surface area contributed by atoms with Crippen LogP contribution in [-0.4, -0.2) is 29.6 Å². The average molecular weight is 252 g/mol. The number of hydrogen-bond acceptors (Lipinski definition) is 2. The lowest BCUT2D eigenvalue weighted by Crippen LogP contribution is -2.57. The molecular formula is C16H32N2. The van der Waals surface area contributed by atoms with Crippen LogP contribution in [0.25, 0.3) is 0 Å². The van der Waals surface area contributed by atoms with Crippen molar-refractivity contribution < 1.29 is 0 Å². The molecule has 2 N–H and O–H groups in total. The minimum atomic E-state index is 0.368. The van der Waals surface area contributed by atoms with Gasteiger partial charge in [0.1, 0.15) is 0 Å². The zero-order chi connectivity index (χ0) is 13.0. The van der Waals surface area contributed by atoms with Crippen LogP contribution in [0.15, 0.2) is 0 Å². The van der Waals surface area contributed by atoms with E-state index in [9.17, 15) is 0 Å². The molecular weight excluding hydrogens is 220 g/mol. The van der Waals surface area contributed by atoms with Crippen molar-refractivity contribution >= 4 is 0 Å². The van der Waals surface area contributed by atoms with Gasteiger partial charge in [-0.25, -0.2) is 0 Å². The molecule has 1 saturated heterocycles. The van der Waals surface area contributed by atoms with Gasteiger partial charge in [0, 0.05) is 11.6 Å². The molecule has 0 bridgehead atoms. The Bertz CT molecular complexity index is 239. The number of hydrogen-bond donors (Lipinski definition) is 1. The number of likely N-dealkylation sites (tertiary alicyclic amines) is 1. The van der Waals surface area contributed by atoms with Gasteiger partial charge in [-0.05, 0) is 65.0 Å². The molecule has 0 radical (unpaired) electrons. The van der Waals surface area contributed by atoms with Crippen LogP contribution in [0.3, 0.4) is 0 Å². The molecule has 0 aromatic carbocycles. The van der Waals surface area contributed by atoms with Crippen LogP contribution in [0.4, 0.5) is 0 Å². The summed E-state index contributed by atoms with van der Waals surface area (Å²) in [6, 6.07) is 0.850. The maximum absolute atomic E-state index is 5.81. The fourth-order valence-corrected chi connectivity index (χ4v) is 4.31. The van der Waals surface area contributed by atoms with Gasteiger partial charge >= 0.3 is 0 Å². The van der Waals surface area contributed by atoms with E-state index in [0.717, 1.165) is 18.5 Å². The normalized spacial score (nSPS) is 31.2. The summed E-state index contributed by atoms with van der Waals surface area (Å²) in [5, 5.41) is 0. The van der Waals surface area contributed by atoms with Crippen molar-refractivity contribution in [2.45, 2.75) is 83.2 Å². The van der Waals surface area contributed by atoms with E-state index < -0.39 is 0 Å². The van der Waals surface area contributed by atoms with Gasteiger partial charge in [0.15, 0.2) is 0 Å². The van der Waals surface area contributed by atoms with Gasteiger partial charge in [-0.3, -0.25) is 4.90 Å². The minimum absolute atomic E-state index is 0.368. The van der Waals surface area contributed by atoms with E-state index in [1.54, 1.807) is 0 Å². The van der Waals surface area contributed by atoms with E-state index in [4.69, 9.17) is 5.73 Å². The number of piperidine rings is 1. The SMILES string of the molecule is CC1(C)C(CCN)CCCN1C1CCCCCC1. The van der Waals surface area contributed by atoms with Gasteiger partial charge < -0.3 is 5.73 Å². The summed E-state index contributed by atoms with van der Waals surface area (Å²) in [4.78, 5) is 2.85. The van der Waals surface area contributed by atoms with Crippen molar-refractivity contribution in [2.24, 2.45) is 11.7 Å². The molecule has 2 aliphatic rings. The summed E-state index contributed by atoms with van der Waals surface area (Å²) in [6.07, 6.45) is 12.6. The second-order valence-electron chi connectivity index (χ2n) is 6.91. The molecule has 1 atom stereocenters. The van der Waals surface area contributed by atoms with Gasteiger partial charge in [0.25, 0.3) is 0 Å². The van der Waals surface area contributed by atoms with Crippen LogP contribution in [-0.2, 0) is 0 Å². The van der Waals surface area contributed by atoms with E-state index >= 15 is 0 Å². The van der Waals surface area contributed by atoms with Crippen molar-refractivity contribution in [3.05, 3.63) is 0 Å². The number of nitrogens with two attached hydrogens (primary N) is 1. The van der Waals surface area contributed by atoms with E-state index in [2.05, 4.69) is 18.7 Å². The van der Waals surface area contributed by atoms with E-state index in [1.807, 2.05) is 0 Å². The summed E-state index contributed by atoms with van der Waals surface area (Å²) >= 11 is 0. The molecule has 1 unspecified atom stereocenters. The molecule has 18 heavy (non-hydrogen) atoms. The maximum atomic E-state index is 5.81. The first-order chi connectivity index (χ1) is 8.66. The molecule has 1 aliphatic heterocycles. The van der Waals surface area contributed by atoms with Crippen molar-refractivity contribution in [1.29, 1.82) is 0 Å². The summed E-state index contributed by atoms with van der Waals surface area (Å²) in [7, 11) is 0. The smallest absolute Gasteiger partial charge is 0.0184 e. The third-order valence-corrected chi connectivity index (χ3v) is 5.47. The Labute approximate surface area is 113 Å². The summed E-state index contributed by atoms with van der Waals surface area (Å²) in [6.45, 7) is 7.11. The molecule has 2 heteroatoms. The molecule has 1 aliphatic carbocycles. The van der Waals surface area contributed by atoms with Crippen LogP contribution in [0.2, 0.25) is 0 Å². The van der Waals surface area contributed by atoms with Gasteiger partial charge in [-0.15, -0.1) is 0 Å². The molecule has 2 nitrogen and oxygen atoms in total. The maximum Gasteiger partial charge on any atom is 0.0184 e. The highest BCUT2D eigenvalue weighted by Crippen LogP contribution is 2.39. The molecule has 2 rings (SSSR count). The van der Waals surface area contributed by atoms with Gasteiger partial charge in [-0.1, -0.05) is 25.7 Å². The highest BCUT2D eigenvalue weighted by molar-refractivity contribution is 4.96. The Hall–Kier alpha value is -0.0800. The van der Waals surface area contributed by atoms with Crippen LogP contribution in [0.1, 0.15) is 71.6 Å². The molecule has 0 aromatic heterocycles. The predicted octanol–water partition coefficient (Wildman–Crippen LogP) is 3.55. The Balaban J connectivity index is 2.05. The first-order valence-electron chi connectivity index (χ1n) is 8.13. The quantitative estimate of drug-likeness (QED) is 0.778. The lowest BCUT2D eigenvalue weighted by atomic mass is 9.76. The highest BCUT2D eigenvalue weighted by atomic mass is 15.2. The van der Waals surface area contributed by atoms with E-state index in [-0.39, 0.29) is 0 Å². The summed E-state index contributed by atoms with van der Waals surface area (Å²) in [5.74, 6) is 0.805. The van der Waals surface area contributed by atoms with Crippen LogP contribution in [0.5, 0.6) is 0 Å². The first-order valence-corrected chi connectivity index (χ1v) is 8.13. The Morgan fingerprint density at radius 3 is 2.28 bits per heavy atom. The summed E-state index contributed by atoms with van der Waals surface area (Å²) < 4.78 is 0. The van der Waals surface area contributed by atoms with Crippen LogP contribution >= 0.6 is 0 Å². The van der Waals surface area contributed by atoms with E-state index in [0.29, 0.717) is 5.54 Å². The van der Waals surface area contributed by atoms with Gasteiger partial charge in [0.2, 0.25) is 0 Å². The molecule has 0 amide bonds. The number of nitrogens with zero attached hydrogens (tertiary/aromatic N) is 1. The van der Waals surface area contributed by atoms with Gasteiger partial charge in [0.05, 0.1) is 0 Å². The monoisotopic (exact) mass is 252 g/mol. The second-order valence-corrected chi connectivity index (χ2v) is 6.91. The molecule has 1 heterocycles. The zero-order valence-electron chi connectivity index (χ0n) is 12.5. The second kappa shape index (κ2) is 6.38. The Kier molecular flexibility index (Phi) is 5.08. The molecule has 2 fully saturated rings. The average Bonchev–Trinajstić information content (AvgIpc) is 2.60. The van der Waals surface area contributed by atoms with Crippen molar-refractivity contribution in [2.75, 3.05) is 13.1 Å². The Morgan fingerprint density at radius 2 is 1.67 bits per heavy atom. The van der Waals surface area contributed by atoms with Crippen molar-refractivity contribution in [3.8, 4) is 0 Å². The lowest BCUT2D eigenvalue weighted by molar-refractivity contribution is -0.0193. The zero-order valence-corrected chi connectivity index (χ0v) is 12.5. The fourth-order valence-electron chi connectivity index (χ4n) is 4.31. The molecule has 0 spiro atoms.